The summed E-state index contributed by atoms with van der Waals surface area (Å²) in [6, 6.07) is 27.2. The first-order valence-corrected chi connectivity index (χ1v) is 12.7. The maximum atomic E-state index is 13.5. The standard InChI is InChI=1S/C30H31N3O3/c34-28(18-22-32-29(35)26-13-7-8-14-27(26)30(32)36)33(24-11-5-2-6-12-24)25-16-20-31(21-17-25)19-15-23-9-3-1-4-10-23/h1-14,25H,15-22H2. The number of hydrogen-bond acceptors (Lipinski definition) is 4. The summed E-state index contributed by atoms with van der Waals surface area (Å²) in [5, 5.41) is 0. The minimum Gasteiger partial charge on any atom is -0.309 e. The van der Waals surface area contributed by atoms with E-state index in [4.69, 9.17) is 0 Å². The summed E-state index contributed by atoms with van der Waals surface area (Å²) in [4.78, 5) is 44.6. The molecule has 0 atom stereocenters. The van der Waals surface area contributed by atoms with Crippen molar-refractivity contribution < 1.29 is 14.4 Å². The lowest BCUT2D eigenvalue weighted by Gasteiger charge is -2.39. The lowest BCUT2D eigenvalue weighted by atomic mass is 10.0. The number of likely N-dealkylation sites (tertiary alicyclic amines) is 1. The average molecular weight is 482 g/mol. The topological polar surface area (TPSA) is 60.9 Å². The highest BCUT2D eigenvalue weighted by atomic mass is 16.2. The van der Waals surface area contributed by atoms with E-state index in [0.717, 1.165) is 44.6 Å². The number of piperidine rings is 1. The van der Waals surface area contributed by atoms with Gasteiger partial charge in [0.2, 0.25) is 5.91 Å². The largest absolute Gasteiger partial charge is 0.309 e. The number of nitrogens with zero attached hydrogens (tertiary/aromatic N) is 3. The second-order valence-electron chi connectivity index (χ2n) is 9.47. The number of benzene rings is 3. The molecule has 6 heteroatoms. The van der Waals surface area contributed by atoms with Crippen LogP contribution in [0.3, 0.4) is 0 Å². The highest BCUT2D eigenvalue weighted by Gasteiger charge is 2.36. The monoisotopic (exact) mass is 481 g/mol. The molecule has 3 amide bonds. The van der Waals surface area contributed by atoms with Crippen LogP contribution in [-0.2, 0) is 11.2 Å². The quantitative estimate of drug-likeness (QED) is 0.447. The molecule has 3 aromatic rings. The van der Waals surface area contributed by atoms with Gasteiger partial charge in [0.25, 0.3) is 11.8 Å². The first-order chi connectivity index (χ1) is 17.6. The maximum absolute atomic E-state index is 13.5. The van der Waals surface area contributed by atoms with Gasteiger partial charge in [0, 0.05) is 44.3 Å². The number of anilines is 1. The third-order valence-electron chi connectivity index (χ3n) is 7.21. The SMILES string of the molecule is O=C1c2ccccc2C(=O)N1CCC(=O)N(c1ccccc1)C1CCN(CCc2ccccc2)CC1. The molecule has 6 nitrogen and oxygen atoms in total. The lowest BCUT2D eigenvalue weighted by molar-refractivity contribution is -0.119. The molecule has 1 saturated heterocycles. The van der Waals surface area contributed by atoms with Crippen molar-refractivity contribution >= 4 is 23.4 Å². The van der Waals surface area contributed by atoms with Gasteiger partial charge in [0.1, 0.15) is 0 Å². The van der Waals surface area contributed by atoms with Crippen LogP contribution in [0.1, 0.15) is 45.5 Å². The van der Waals surface area contributed by atoms with Gasteiger partial charge in [-0.25, -0.2) is 0 Å². The highest BCUT2D eigenvalue weighted by molar-refractivity contribution is 6.21. The Morgan fingerprint density at radius 2 is 1.31 bits per heavy atom. The Morgan fingerprint density at radius 1 is 0.750 bits per heavy atom. The van der Waals surface area contributed by atoms with Crippen LogP contribution in [0.15, 0.2) is 84.9 Å². The van der Waals surface area contributed by atoms with Crippen LogP contribution in [0.4, 0.5) is 5.69 Å². The fourth-order valence-corrected chi connectivity index (χ4v) is 5.25. The van der Waals surface area contributed by atoms with Crippen molar-refractivity contribution in [1.29, 1.82) is 0 Å². The Labute approximate surface area is 212 Å². The smallest absolute Gasteiger partial charge is 0.261 e. The summed E-state index contributed by atoms with van der Waals surface area (Å²) < 4.78 is 0. The van der Waals surface area contributed by atoms with Crippen LogP contribution in [0, 0.1) is 0 Å². The molecular formula is C30H31N3O3. The number of amides is 3. The average Bonchev–Trinajstić information content (AvgIpc) is 3.17. The van der Waals surface area contributed by atoms with E-state index in [1.54, 1.807) is 24.3 Å². The molecule has 5 rings (SSSR count). The van der Waals surface area contributed by atoms with E-state index in [2.05, 4.69) is 29.2 Å². The van der Waals surface area contributed by atoms with Crippen molar-refractivity contribution in [3.8, 4) is 0 Å². The molecule has 2 heterocycles. The van der Waals surface area contributed by atoms with Crippen LogP contribution in [-0.4, -0.2) is 59.7 Å². The molecule has 36 heavy (non-hydrogen) atoms. The Kier molecular flexibility index (Phi) is 7.23. The van der Waals surface area contributed by atoms with Gasteiger partial charge in [-0.05, 0) is 49.1 Å². The molecule has 2 aliphatic heterocycles. The summed E-state index contributed by atoms with van der Waals surface area (Å²) in [5.74, 6) is -0.691. The summed E-state index contributed by atoms with van der Waals surface area (Å²) in [6.45, 7) is 2.97. The fourth-order valence-electron chi connectivity index (χ4n) is 5.25. The summed E-state index contributed by atoms with van der Waals surface area (Å²) in [7, 11) is 0. The third-order valence-corrected chi connectivity index (χ3v) is 7.21. The number of carbonyl (C=O) groups is 3. The predicted molar refractivity (Wildman–Crippen MR) is 140 cm³/mol. The summed E-state index contributed by atoms with van der Waals surface area (Å²) >= 11 is 0. The Morgan fingerprint density at radius 3 is 1.92 bits per heavy atom. The first-order valence-electron chi connectivity index (χ1n) is 12.7. The first kappa shape index (κ1) is 23.9. The normalized spacial score (nSPS) is 16.3. The van der Waals surface area contributed by atoms with E-state index in [1.165, 1.54) is 10.5 Å². The number of fused-ring (bicyclic) bond motifs is 1. The molecule has 3 aromatic carbocycles. The summed E-state index contributed by atoms with van der Waals surface area (Å²) in [5.41, 5.74) is 3.04. The van der Waals surface area contributed by atoms with Crippen molar-refractivity contribution in [1.82, 2.24) is 9.80 Å². The van der Waals surface area contributed by atoms with Gasteiger partial charge in [-0.3, -0.25) is 19.3 Å². The fraction of sp³-hybridized carbons (Fsp3) is 0.300. The molecule has 0 spiro atoms. The number of carbonyl (C=O) groups excluding carboxylic acids is 3. The molecule has 0 aliphatic carbocycles. The molecule has 0 aromatic heterocycles. The molecule has 0 N–H and O–H groups in total. The molecule has 0 radical (unpaired) electrons. The van der Waals surface area contributed by atoms with Gasteiger partial charge in [0.05, 0.1) is 11.1 Å². The van der Waals surface area contributed by atoms with E-state index in [0.29, 0.717) is 11.1 Å². The Bertz CT molecular complexity index is 1190. The second-order valence-corrected chi connectivity index (χ2v) is 9.47. The van der Waals surface area contributed by atoms with Crippen molar-refractivity contribution in [3.05, 3.63) is 102 Å². The van der Waals surface area contributed by atoms with Gasteiger partial charge in [-0.15, -0.1) is 0 Å². The van der Waals surface area contributed by atoms with E-state index in [9.17, 15) is 14.4 Å². The zero-order valence-corrected chi connectivity index (χ0v) is 20.4. The van der Waals surface area contributed by atoms with Gasteiger partial charge < -0.3 is 9.80 Å². The number of imide groups is 1. The number of hydrogen-bond donors (Lipinski definition) is 0. The minimum atomic E-state index is -0.318. The minimum absolute atomic E-state index is 0.0551. The van der Waals surface area contributed by atoms with Crippen LogP contribution in [0.2, 0.25) is 0 Å². The Hall–Kier alpha value is -3.77. The van der Waals surface area contributed by atoms with Crippen LogP contribution >= 0.6 is 0 Å². The van der Waals surface area contributed by atoms with E-state index >= 15 is 0 Å². The third kappa shape index (κ3) is 5.09. The van der Waals surface area contributed by atoms with Gasteiger partial charge >= 0.3 is 0 Å². The molecule has 184 valence electrons. The van der Waals surface area contributed by atoms with Crippen molar-refractivity contribution in [2.45, 2.75) is 31.7 Å². The zero-order valence-electron chi connectivity index (χ0n) is 20.4. The van der Waals surface area contributed by atoms with Gasteiger partial charge in [0.15, 0.2) is 0 Å². The maximum Gasteiger partial charge on any atom is 0.261 e. The Balaban J connectivity index is 1.22. The molecule has 0 saturated carbocycles. The zero-order chi connectivity index (χ0) is 24.9. The molecular weight excluding hydrogens is 450 g/mol. The van der Waals surface area contributed by atoms with E-state index < -0.39 is 0 Å². The highest BCUT2D eigenvalue weighted by Crippen LogP contribution is 2.26. The molecule has 0 unspecified atom stereocenters. The second kappa shape index (κ2) is 10.9. The van der Waals surface area contributed by atoms with Crippen LogP contribution in [0.5, 0.6) is 0 Å². The lowest BCUT2D eigenvalue weighted by Crippen LogP contribution is -2.48. The molecule has 2 aliphatic rings. The number of para-hydroxylation sites is 1. The van der Waals surface area contributed by atoms with E-state index in [-0.39, 0.29) is 36.7 Å². The van der Waals surface area contributed by atoms with Crippen LogP contribution < -0.4 is 4.90 Å². The van der Waals surface area contributed by atoms with Crippen molar-refractivity contribution in [2.75, 3.05) is 31.1 Å². The summed E-state index contributed by atoms with van der Waals surface area (Å²) in [6.07, 6.45) is 2.91. The van der Waals surface area contributed by atoms with Crippen LogP contribution in [0.25, 0.3) is 0 Å². The molecule has 1 fully saturated rings. The van der Waals surface area contributed by atoms with Crippen molar-refractivity contribution in [3.63, 3.8) is 0 Å². The van der Waals surface area contributed by atoms with E-state index in [1.807, 2.05) is 41.3 Å². The van der Waals surface area contributed by atoms with Gasteiger partial charge in [-0.2, -0.15) is 0 Å². The van der Waals surface area contributed by atoms with Gasteiger partial charge in [-0.1, -0.05) is 60.7 Å². The molecule has 0 bridgehead atoms. The number of rotatable bonds is 8. The predicted octanol–water partition coefficient (Wildman–Crippen LogP) is 4.41. The van der Waals surface area contributed by atoms with Crippen molar-refractivity contribution in [2.24, 2.45) is 0 Å².